The van der Waals surface area contributed by atoms with Gasteiger partial charge in [0.05, 0.1) is 18.0 Å². The van der Waals surface area contributed by atoms with Crippen molar-refractivity contribution >= 4 is 27.5 Å². The number of nitrogens with zero attached hydrogens (tertiary/aromatic N) is 1. The minimum atomic E-state index is -4.14. The third-order valence-electron chi connectivity index (χ3n) is 5.82. The van der Waals surface area contributed by atoms with Crippen LogP contribution < -0.4 is 4.74 Å². The smallest absolute Gasteiger partial charge is 0.290 e. The summed E-state index contributed by atoms with van der Waals surface area (Å²) in [7, 11) is -2.58. The molecule has 1 unspecified atom stereocenters. The van der Waals surface area contributed by atoms with E-state index in [1.807, 2.05) is 37.4 Å². The molecule has 3 aromatic carbocycles. The second-order valence-electron chi connectivity index (χ2n) is 7.99. The van der Waals surface area contributed by atoms with Gasteiger partial charge in [-0.25, -0.2) is 8.42 Å². The topological polar surface area (TPSA) is 83.9 Å². The van der Waals surface area contributed by atoms with E-state index in [-0.39, 0.29) is 16.3 Å². The van der Waals surface area contributed by atoms with Crippen molar-refractivity contribution in [2.24, 2.45) is 0 Å². The highest BCUT2D eigenvalue weighted by Gasteiger charge is 2.46. The molecule has 34 heavy (non-hydrogen) atoms. The summed E-state index contributed by atoms with van der Waals surface area (Å²) in [6.45, 7) is 1.98. The van der Waals surface area contributed by atoms with Crippen LogP contribution in [-0.4, -0.2) is 37.7 Å². The van der Waals surface area contributed by atoms with Gasteiger partial charge in [0, 0.05) is 11.4 Å². The average molecular weight is 496 g/mol. The highest BCUT2D eigenvalue weighted by molar-refractivity contribution is 7.98. The van der Waals surface area contributed by atoms with Crippen molar-refractivity contribution in [3.05, 3.63) is 100 Å². The first kappa shape index (κ1) is 23.9. The molecule has 1 aliphatic heterocycles. The second kappa shape index (κ2) is 9.56. The molecule has 3 aromatic rings. The predicted molar refractivity (Wildman–Crippen MR) is 133 cm³/mol. The lowest BCUT2D eigenvalue weighted by Gasteiger charge is -2.27. The number of benzene rings is 3. The fourth-order valence-electron chi connectivity index (χ4n) is 3.96. The molecule has 0 saturated heterocycles. The Balaban J connectivity index is 1.82. The summed E-state index contributed by atoms with van der Waals surface area (Å²) in [4.78, 5) is 15.3. The first-order chi connectivity index (χ1) is 16.3. The number of aliphatic hydroxyl groups is 1. The molecule has 8 heteroatoms. The zero-order valence-electron chi connectivity index (χ0n) is 19.1. The van der Waals surface area contributed by atoms with E-state index in [1.54, 1.807) is 55.3 Å². The van der Waals surface area contributed by atoms with Crippen LogP contribution in [0, 0.1) is 6.92 Å². The quantitative estimate of drug-likeness (QED) is 0.462. The molecule has 0 saturated carbocycles. The number of ether oxygens (including phenoxy) is 1. The lowest BCUT2D eigenvalue weighted by atomic mass is 10.1. The Bertz CT molecular complexity index is 1330. The highest BCUT2D eigenvalue weighted by Crippen LogP contribution is 2.43. The minimum absolute atomic E-state index is 0.0319. The third-order valence-corrected chi connectivity index (χ3v) is 8.45. The van der Waals surface area contributed by atoms with E-state index in [9.17, 15) is 18.3 Å². The molecule has 0 aliphatic carbocycles. The number of amides is 1. The summed E-state index contributed by atoms with van der Waals surface area (Å²) in [5, 5.41) is 10.9. The van der Waals surface area contributed by atoms with E-state index in [0.29, 0.717) is 11.3 Å². The summed E-state index contributed by atoms with van der Waals surface area (Å²) < 4.78 is 32.5. The van der Waals surface area contributed by atoms with Crippen molar-refractivity contribution in [2.75, 3.05) is 13.4 Å². The SMILES string of the molecule is COc1ccc(CN2C(=O)C(O)=C(S(=O)(=O)c3ccc(C)cc3)C2c2ccc(SC)cc2)cc1. The molecule has 176 valence electrons. The number of aliphatic hydroxyl groups excluding tert-OH is 1. The number of hydrogen-bond donors (Lipinski definition) is 1. The van der Waals surface area contributed by atoms with Crippen LogP contribution in [0.5, 0.6) is 5.75 Å². The van der Waals surface area contributed by atoms with Gasteiger partial charge in [-0.3, -0.25) is 4.79 Å². The molecule has 0 radical (unpaired) electrons. The Kier molecular flexibility index (Phi) is 6.72. The van der Waals surface area contributed by atoms with Crippen molar-refractivity contribution < 1.29 is 23.1 Å². The molecule has 0 fully saturated rings. The van der Waals surface area contributed by atoms with Gasteiger partial charge in [-0.1, -0.05) is 42.0 Å². The van der Waals surface area contributed by atoms with E-state index in [0.717, 1.165) is 16.0 Å². The number of aryl methyl sites for hydroxylation is 1. The van der Waals surface area contributed by atoms with E-state index < -0.39 is 27.5 Å². The van der Waals surface area contributed by atoms with Gasteiger partial charge in [-0.05, 0) is 60.7 Å². The van der Waals surface area contributed by atoms with Gasteiger partial charge in [0.25, 0.3) is 5.91 Å². The number of sulfone groups is 1. The summed E-state index contributed by atoms with van der Waals surface area (Å²) in [6, 6.07) is 19.9. The van der Waals surface area contributed by atoms with Crippen LogP contribution in [0.25, 0.3) is 0 Å². The molecule has 1 aliphatic rings. The standard InChI is InChI=1S/C26H25NO5S2/c1-17-4-14-22(15-5-17)34(30,31)25-23(19-8-12-21(33-3)13-9-19)27(26(29)24(25)28)16-18-6-10-20(32-2)11-7-18/h4-15,23,28H,16H2,1-3H3. The first-order valence-electron chi connectivity index (χ1n) is 10.6. The second-order valence-corrected chi connectivity index (χ2v) is 10.8. The summed E-state index contributed by atoms with van der Waals surface area (Å²) in [6.07, 6.45) is 1.95. The number of carbonyl (C=O) groups excluding carboxylic acids is 1. The molecule has 1 atom stereocenters. The van der Waals surface area contributed by atoms with Gasteiger partial charge in [0.1, 0.15) is 10.7 Å². The van der Waals surface area contributed by atoms with E-state index in [4.69, 9.17) is 4.74 Å². The van der Waals surface area contributed by atoms with Gasteiger partial charge < -0.3 is 14.7 Å². The van der Waals surface area contributed by atoms with Gasteiger partial charge >= 0.3 is 0 Å². The molecule has 4 rings (SSSR count). The molecular formula is C26H25NO5S2. The highest BCUT2D eigenvalue weighted by atomic mass is 32.2. The van der Waals surface area contributed by atoms with Crippen LogP contribution in [0.2, 0.25) is 0 Å². The van der Waals surface area contributed by atoms with Crippen molar-refractivity contribution in [1.82, 2.24) is 4.90 Å². The normalized spacial score (nSPS) is 16.3. The van der Waals surface area contributed by atoms with Crippen LogP contribution in [0.15, 0.2) is 93.3 Å². The molecule has 1 N–H and O–H groups in total. The summed E-state index contributed by atoms with van der Waals surface area (Å²) >= 11 is 1.56. The fraction of sp³-hybridized carbons (Fsp3) is 0.192. The molecule has 1 heterocycles. The zero-order chi connectivity index (χ0) is 24.5. The average Bonchev–Trinajstić information content (AvgIpc) is 3.10. The number of thioether (sulfide) groups is 1. The van der Waals surface area contributed by atoms with Gasteiger partial charge in [0.2, 0.25) is 9.84 Å². The largest absolute Gasteiger partial charge is 0.502 e. The lowest BCUT2D eigenvalue weighted by molar-refractivity contribution is -0.130. The van der Waals surface area contributed by atoms with Crippen LogP contribution in [-0.2, 0) is 21.2 Å². The lowest BCUT2D eigenvalue weighted by Crippen LogP contribution is -2.30. The van der Waals surface area contributed by atoms with E-state index >= 15 is 0 Å². The van der Waals surface area contributed by atoms with E-state index in [2.05, 4.69) is 0 Å². The Morgan fingerprint density at radius 2 is 1.59 bits per heavy atom. The number of rotatable bonds is 7. The molecule has 0 bridgehead atoms. The van der Waals surface area contributed by atoms with Crippen molar-refractivity contribution in [3.8, 4) is 5.75 Å². The molecule has 0 spiro atoms. The van der Waals surface area contributed by atoms with Crippen LogP contribution >= 0.6 is 11.8 Å². The maximum absolute atomic E-state index is 13.7. The summed E-state index contributed by atoms with van der Waals surface area (Å²) in [5.74, 6) is -0.794. The number of carbonyl (C=O) groups is 1. The van der Waals surface area contributed by atoms with Gasteiger partial charge in [-0.15, -0.1) is 11.8 Å². The van der Waals surface area contributed by atoms with Crippen molar-refractivity contribution in [2.45, 2.75) is 29.3 Å². The van der Waals surface area contributed by atoms with Gasteiger partial charge in [-0.2, -0.15) is 0 Å². The van der Waals surface area contributed by atoms with E-state index in [1.165, 1.54) is 17.0 Å². The maximum Gasteiger partial charge on any atom is 0.290 e. The fourth-order valence-corrected chi connectivity index (χ4v) is 6.01. The van der Waals surface area contributed by atoms with Crippen molar-refractivity contribution in [3.63, 3.8) is 0 Å². The number of methoxy groups -OCH3 is 1. The van der Waals surface area contributed by atoms with Crippen LogP contribution in [0.3, 0.4) is 0 Å². The molecule has 1 amide bonds. The van der Waals surface area contributed by atoms with Crippen LogP contribution in [0.4, 0.5) is 0 Å². The Morgan fingerprint density at radius 1 is 0.971 bits per heavy atom. The van der Waals surface area contributed by atoms with Crippen molar-refractivity contribution in [1.29, 1.82) is 0 Å². The van der Waals surface area contributed by atoms with Gasteiger partial charge in [0.15, 0.2) is 5.76 Å². The molecule has 0 aromatic heterocycles. The molecule has 6 nitrogen and oxygen atoms in total. The Labute approximate surface area is 203 Å². The number of hydrogen-bond acceptors (Lipinski definition) is 6. The minimum Gasteiger partial charge on any atom is -0.502 e. The zero-order valence-corrected chi connectivity index (χ0v) is 20.7. The maximum atomic E-state index is 13.7. The molecular weight excluding hydrogens is 470 g/mol. The third kappa shape index (κ3) is 4.43. The van der Waals surface area contributed by atoms with Crippen LogP contribution in [0.1, 0.15) is 22.7 Å². The summed E-state index contributed by atoms with van der Waals surface area (Å²) in [5.41, 5.74) is 2.29. The predicted octanol–water partition coefficient (Wildman–Crippen LogP) is 5.05. The Hall–Kier alpha value is -3.23. The first-order valence-corrected chi connectivity index (χ1v) is 13.3. The monoisotopic (exact) mass is 495 g/mol. The Morgan fingerprint density at radius 3 is 2.15 bits per heavy atom.